The van der Waals surface area contributed by atoms with Crippen molar-refractivity contribution in [2.45, 2.75) is 31.3 Å². The van der Waals surface area contributed by atoms with E-state index in [2.05, 4.69) is 10.0 Å². The van der Waals surface area contributed by atoms with Crippen molar-refractivity contribution in [3.63, 3.8) is 0 Å². The highest BCUT2D eigenvalue weighted by molar-refractivity contribution is 6.30. The summed E-state index contributed by atoms with van der Waals surface area (Å²) < 4.78 is 34.0. The second-order valence-electron chi connectivity index (χ2n) is 6.39. The first-order valence-electron chi connectivity index (χ1n) is 8.59. The number of azide groups is 1. The molecule has 9 heteroatoms. The molecule has 0 bridgehead atoms. The third kappa shape index (κ3) is 4.35. The molecule has 3 atom stereocenters. The van der Waals surface area contributed by atoms with Gasteiger partial charge in [-0.3, -0.25) is 0 Å². The van der Waals surface area contributed by atoms with E-state index >= 15 is 0 Å². The Morgan fingerprint density at radius 2 is 2.04 bits per heavy atom. The van der Waals surface area contributed by atoms with Gasteiger partial charge in [0, 0.05) is 4.91 Å². The van der Waals surface area contributed by atoms with Crippen molar-refractivity contribution in [2.75, 3.05) is 6.54 Å². The summed E-state index contributed by atoms with van der Waals surface area (Å²) >= 11 is 5.81. The molecule has 0 N–H and O–H groups in total. The number of likely N-dealkylation sites (tertiary alicyclic amines) is 1. The number of carbonyl (C=O) groups excluding carboxylic acids is 1. The van der Waals surface area contributed by atoms with Crippen LogP contribution < -0.4 is 0 Å². The molecule has 1 saturated heterocycles. The van der Waals surface area contributed by atoms with Gasteiger partial charge in [-0.1, -0.05) is 59.2 Å². The smallest absolute Gasteiger partial charge is 0.410 e. The lowest BCUT2D eigenvalue weighted by atomic mass is 9.99. The molecule has 0 aliphatic carbocycles. The molecule has 1 aliphatic heterocycles. The maximum Gasteiger partial charge on any atom is 0.410 e. The van der Waals surface area contributed by atoms with Crippen molar-refractivity contribution in [1.82, 2.24) is 4.90 Å². The molecular weight excluding hydrogens is 390 g/mol. The van der Waals surface area contributed by atoms with Crippen molar-refractivity contribution in [2.24, 2.45) is 5.11 Å². The number of hydrogen-bond acceptors (Lipinski definition) is 3. The molecule has 28 heavy (non-hydrogen) atoms. The van der Waals surface area contributed by atoms with E-state index in [4.69, 9.17) is 21.9 Å². The molecule has 1 fully saturated rings. The van der Waals surface area contributed by atoms with Gasteiger partial charge in [-0.05, 0) is 29.1 Å². The first-order valence-corrected chi connectivity index (χ1v) is 8.97. The summed E-state index contributed by atoms with van der Waals surface area (Å²) in [5, 5.41) is 3.41. The van der Waals surface area contributed by atoms with Gasteiger partial charge in [0.15, 0.2) is 0 Å². The highest BCUT2D eigenvalue weighted by atomic mass is 35.5. The fourth-order valence-electron chi connectivity index (χ4n) is 3.24. The number of rotatable bonds is 5. The topological polar surface area (TPSA) is 78.3 Å². The van der Waals surface area contributed by atoms with Crippen molar-refractivity contribution in [3.8, 4) is 0 Å². The first kappa shape index (κ1) is 19.9. The van der Waals surface area contributed by atoms with Crippen LogP contribution in [0.2, 0.25) is 5.02 Å². The average molecular weight is 407 g/mol. The molecule has 2 aromatic carbocycles. The Morgan fingerprint density at radius 1 is 1.29 bits per heavy atom. The number of halogens is 3. The number of carbonyl (C=O) groups is 1. The van der Waals surface area contributed by atoms with Gasteiger partial charge in [-0.2, -0.15) is 0 Å². The fourth-order valence-corrected chi connectivity index (χ4v) is 3.43. The minimum Gasteiger partial charge on any atom is -0.445 e. The maximum atomic E-state index is 14.4. The third-order valence-corrected chi connectivity index (χ3v) is 4.91. The number of nitrogens with zero attached hydrogens (tertiary/aromatic N) is 4. The van der Waals surface area contributed by atoms with Gasteiger partial charge >= 0.3 is 6.09 Å². The Bertz CT molecular complexity index is 893. The molecule has 0 saturated carbocycles. The molecule has 3 rings (SSSR count). The van der Waals surface area contributed by atoms with Gasteiger partial charge in [-0.25, -0.2) is 13.6 Å². The van der Waals surface area contributed by atoms with Crippen LogP contribution in [-0.4, -0.2) is 35.8 Å². The van der Waals surface area contributed by atoms with Crippen molar-refractivity contribution >= 4 is 17.7 Å². The van der Waals surface area contributed by atoms with Crippen LogP contribution in [0, 0.1) is 5.82 Å². The highest BCUT2D eigenvalue weighted by Crippen LogP contribution is 2.30. The van der Waals surface area contributed by atoms with E-state index in [1.807, 2.05) is 6.07 Å². The molecule has 2 unspecified atom stereocenters. The minimum absolute atomic E-state index is 0.0115. The van der Waals surface area contributed by atoms with E-state index in [1.54, 1.807) is 30.3 Å². The van der Waals surface area contributed by atoms with Crippen LogP contribution in [0.25, 0.3) is 10.4 Å². The molecule has 1 amide bonds. The first-order chi connectivity index (χ1) is 13.5. The van der Waals surface area contributed by atoms with Crippen LogP contribution in [0.15, 0.2) is 53.6 Å². The maximum absolute atomic E-state index is 14.4. The zero-order valence-corrected chi connectivity index (χ0v) is 15.5. The molecule has 1 aliphatic rings. The molecule has 0 aromatic heterocycles. The molecule has 6 nitrogen and oxygen atoms in total. The van der Waals surface area contributed by atoms with Crippen LogP contribution in [0.1, 0.15) is 11.1 Å². The quantitative estimate of drug-likeness (QED) is 0.395. The Kier molecular flexibility index (Phi) is 6.34. The summed E-state index contributed by atoms with van der Waals surface area (Å²) in [5.74, 6) is -0.649. The lowest BCUT2D eigenvalue weighted by Crippen LogP contribution is -2.41. The van der Waals surface area contributed by atoms with Crippen molar-refractivity contribution < 1.29 is 18.3 Å². The highest BCUT2D eigenvalue weighted by Gasteiger charge is 2.45. The Labute approximate surface area is 165 Å². The average Bonchev–Trinajstić information content (AvgIpc) is 3.00. The normalized spacial score (nSPS) is 21.2. The number of amides is 1. The summed E-state index contributed by atoms with van der Waals surface area (Å²) in [6, 6.07) is 11.4. The largest absolute Gasteiger partial charge is 0.445 e. The summed E-state index contributed by atoms with van der Waals surface area (Å²) in [6.07, 6.45) is -2.39. The second-order valence-corrected chi connectivity index (χ2v) is 6.80. The Balaban J connectivity index is 1.80. The van der Waals surface area contributed by atoms with Gasteiger partial charge in [0.1, 0.15) is 18.6 Å². The Hall–Kier alpha value is -2.83. The molecule has 146 valence electrons. The Morgan fingerprint density at radius 3 is 2.75 bits per heavy atom. The van der Waals surface area contributed by atoms with Gasteiger partial charge < -0.3 is 9.64 Å². The summed E-state index contributed by atoms with van der Waals surface area (Å²) in [5.41, 5.74) is 9.74. The lowest BCUT2D eigenvalue weighted by Gasteiger charge is -2.26. The lowest BCUT2D eigenvalue weighted by molar-refractivity contribution is 0.0897. The number of ether oxygens (including phenoxy) is 1. The van der Waals surface area contributed by atoms with Crippen LogP contribution >= 0.6 is 11.6 Å². The molecule has 0 spiro atoms. The standard InChI is InChI=1S/C19H17ClF2N4O2/c20-14-8-4-7-13(17(14)22)9-16-18(24-25-23)15(21)10-26(16)19(27)28-11-12-5-2-1-3-6-12/h1-8,15-16,18H,9-11H2/t15?,16-,18?/m0/s1. The summed E-state index contributed by atoms with van der Waals surface area (Å²) in [7, 11) is 0. The van der Waals surface area contributed by atoms with Gasteiger partial charge in [0.05, 0.1) is 23.7 Å². The summed E-state index contributed by atoms with van der Waals surface area (Å²) in [6.45, 7) is -0.290. The monoisotopic (exact) mass is 406 g/mol. The predicted molar refractivity (Wildman–Crippen MR) is 100 cm³/mol. The van der Waals surface area contributed by atoms with E-state index in [1.165, 1.54) is 12.1 Å². The number of alkyl halides is 1. The van der Waals surface area contributed by atoms with Crippen LogP contribution in [0.4, 0.5) is 13.6 Å². The van der Waals surface area contributed by atoms with Gasteiger partial charge in [0.25, 0.3) is 0 Å². The zero-order chi connectivity index (χ0) is 20.1. The van der Waals surface area contributed by atoms with Gasteiger partial charge in [-0.15, -0.1) is 0 Å². The second kappa shape index (κ2) is 8.91. The van der Waals surface area contributed by atoms with Crippen molar-refractivity contribution in [1.29, 1.82) is 0 Å². The molecule has 2 aromatic rings. The van der Waals surface area contributed by atoms with E-state index in [0.717, 1.165) is 10.5 Å². The van der Waals surface area contributed by atoms with Crippen molar-refractivity contribution in [3.05, 3.63) is 80.9 Å². The van der Waals surface area contributed by atoms with Crippen LogP contribution in [-0.2, 0) is 17.8 Å². The molecular formula is C19H17ClF2N4O2. The van der Waals surface area contributed by atoms with E-state index in [9.17, 15) is 13.6 Å². The molecule has 1 heterocycles. The molecule has 0 radical (unpaired) electrons. The number of benzene rings is 2. The summed E-state index contributed by atoms with van der Waals surface area (Å²) in [4.78, 5) is 16.4. The van der Waals surface area contributed by atoms with E-state index < -0.39 is 30.2 Å². The van der Waals surface area contributed by atoms with E-state index in [0.29, 0.717) is 0 Å². The number of hydrogen-bond donors (Lipinski definition) is 0. The zero-order valence-electron chi connectivity index (χ0n) is 14.7. The predicted octanol–water partition coefficient (Wildman–Crippen LogP) is 5.06. The van der Waals surface area contributed by atoms with E-state index in [-0.39, 0.29) is 30.2 Å². The van der Waals surface area contributed by atoms with Gasteiger partial charge in [0.2, 0.25) is 0 Å². The van der Waals surface area contributed by atoms with Crippen LogP contribution in [0.3, 0.4) is 0 Å². The fraction of sp³-hybridized carbons (Fsp3) is 0.316. The van der Waals surface area contributed by atoms with Crippen LogP contribution in [0.5, 0.6) is 0 Å². The SMILES string of the molecule is [N-]=[N+]=NC1C(F)CN(C(=O)OCc2ccccc2)[C@H]1Cc1cccc(Cl)c1F. The minimum atomic E-state index is -1.58. The third-order valence-electron chi connectivity index (χ3n) is 4.62.